The second-order valence-corrected chi connectivity index (χ2v) is 10.3. The monoisotopic (exact) mass is 485 g/mol. The first-order valence-corrected chi connectivity index (χ1v) is 13.9. The van der Waals surface area contributed by atoms with Crippen molar-refractivity contribution in [3.8, 4) is 5.75 Å². The number of nitrogens with zero attached hydrogens (tertiary/aromatic N) is 1. The van der Waals surface area contributed by atoms with E-state index in [1.54, 1.807) is 4.90 Å². The maximum Gasteiger partial charge on any atom is 0.469 e. The first kappa shape index (κ1) is 29.6. The van der Waals surface area contributed by atoms with Crippen LogP contribution in [0, 0.1) is 5.92 Å². The van der Waals surface area contributed by atoms with Crippen molar-refractivity contribution in [2.45, 2.75) is 85.0 Å². The van der Waals surface area contributed by atoms with Gasteiger partial charge in [0, 0.05) is 19.5 Å². The molecular weight excluding hydrogens is 441 g/mol. The SMILES string of the molecule is CCCCCCCCCCOc1cccc(CCC(=O)N(CCOP(=O)(O)O)CC(C)C)c1. The Morgan fingerprint density at radius 3 is 2.33 bits per heavy atom. The van der Waals surface area contributed by atoms with Crippen LogP contribution < -0.4 is 4.74 Å². The smallest absolute Gasteiger partial charge is 0.469 e. The van der Waals surface area contributed by atoms with Gasteiger partial charge in [0.15, 0.2) is 0 Å². The van der Waals surface area contributed by atoms with Gasteiger partial charge in [0.25, 0.3) is 0 Å². The van der Waals surface area contributed by atoms with Crippen LogP contribution in [0.1, 0.15) is 84.1 Å². The van der Waals surface area contributed by atoms with Gasteiger partial charge in [-0.1, -0.05) is 77.8 Å². The summed E-state index contributed by atoms with van der Waals surface area (Å²) in [6.07, 6.45) is 11.0. The van der Waals surface area contributed by atoms with Crippen molar-refractivity contribution in [3.63, 3.8) is 0 Å². The Labute approximate surface area is 200 Å². The van der Waals surface area contributed by atoms with Gasteiger partial charge in [0.05, 0.1) is 13.2 Å². The molecule has 7 nitrogen and oxygen atoms in total. The average Bonchev–Trinajstić information content (AvgIpc) is 2.75. The van der Waals surface area contributed by atoms with Gasteiger partial charge in [0.2, 0.25) is 5.91 Å². The van der Waals surface area contributed by atoms with Crippen LogP contribution in [-0.2, 0) is 20.3 Å². The Morgan fingerprint density at radius 1 is 1.03 bits per heavy atom. The molecule has 1 amide bonds. The van der Waals surface area contributed by atoms with Crippen LogP contribution in [0.4, 0.5) is 0 Å². The number of hydrogen-bond donors (Lipinski definition) is 2. The van der Waals surface area contributed by atoms with Crippen LogP contribution in [0.3, 0.4) is 0 Å². The molecule has 0 fully saturated rings. The lowest BCUT2D eigenvalue weighted by molar-refractivity contribution is -0.132. The largest absolute Gasteiger partial charge is 0.494 e. The highest BCUT2D eigenvalue weighted by atomic mass is 31.2. The lowest BCUT2D eigenvalue weighted by atomic mass is 10.1. The van der Waals surface area contributed by atoms with Crippen LogP contribution in [0.25, 0.3) is 0 Å². The third kappa shape index (κ3) is 16.0. The molecule has 0 spiro atoms. The van der Waals surface area contributed by atoms with Crippen LogP contribution in [0.15, 0.2) is 24.3 Å². The number of benzene rings is 1. The van der Waals surface area contributed by atoms with Gasteiger partial charge < -0.3 is 19.4 Å². The first-order chi connectivity index (χ1) is 15.7. The summed E-state index contributed by atoms with van der Waals surface area (Å²) in [4.78, 5) is 32.0. The summed E-state index contributed by atoms with van der Waals surface area (Å²) in [6.45, 7) is 7.42. The number of amides is 1. The highest BCUT2D eigenvalue weighted by Gasteiger charge is 2.18. The van der Waals surface area contributed by atoms with Crippen LogP contribution >= 0.6 is 7.82 Å². The normalized spacial score (nSPS) is 11.7. The van der Waals surface area contributed by atoms with Gasteiger partial charge >= 0.3 is 7.82 Å². The predicted molar refractivity (Wildman–Crippen MR) is 132 cm³/mol. The molecule has 2 N–H and O–H groups in total. The van der Waals surface area contributed by atoms with Gasteiger partial charge in [-0.2, -0.15) is 0 Å². The second-order valence-electron chi connectivity index (χ2n) is 9.03. The van der Waals surface area contributed by atoms with Gasteiger partial charge in [-0.15, -0.1) is 0 Å². The summed E-state index contributed by atoms with van der Waals surface area (Å²) >= 11 is 0. The number of carbonyl (C=O) groups excluding carboxylic acids is 1. The molecule has 0 radical (unpaired) electrons. The van der Waals surface area contributed by atoms with Gasteiger partial charge in [-0.05, 0) is 36.5 Å². The zero-order chi connectivity index (χ0) is 24.5. The Kier molecular flexibility index (Phi) is 15.4. The molecule has 0 aliphatic carbocycles. The summed E-state index contributed by atoms with van der Waals surface area (Å²) in [6, 6.07) is 7.87. The molecule has 1 aromatic carbocycles. The van der Waals surface area contributed by atoms with Crippen LogP contribution in [0.2, 0.25) is 0 Å². The number of aryl methyl sites for hydroxylation is 1. The fraction of sp³-hybridized carbons (Fsp3) is 0.720. The maximum absolute atomic E-state index is 12.7. The molecule has 0 aliphatic heterocycles. The van der Waals surface area contributed by atoms with Crippen molar-refractivity contribution in [2.24, 2.45) is 5.92 Å². The fourth-order valence-electron chi connectivity index (χ4n) is 3.65. The van der Waals surface area contributed by atoms with E-state index < -0.39 is 7.82 Å². The van der Waals surface area contributed by atoms with E-state index in [0.717, 1.165) is 17.7 Å². The van der Waals surface area contributed by atoms with Crippen molar-refractivity contribution >= 4 is 13.7 Å². The van der Waals surface area contributed by atoms with E-state index in [0.29, 0.717) is 26.0 Å². The molecule has 0 saturated carbocycles. The third-order valence-electron chi connectivity index (χ3n) is 5.35. The highest BCUT2D eigenvalue weighted by Crippen LogP contribution is 2.35. The minimum atomic E-state index is -4.53. The van der Waals surface area contributed by atoms with E-state index in [2.05, 4.69) is 11.4 Å². The molecule has 33 heavy (non-hydrogen) atoms. The number of phosphoric acid groups is 1. The lowest BCUT2D eigenvalue weighted by Gasteiger charge is -2.24. The summed E-state index contributed by atoms with van der Waals surface area (Å²) < 4.78 is 21.3. The van der Waals surface area contributed by atoms with Gasteiger partial charge in [-0.3, -0.25) is 9.32 Å². The summed E-state index contributed by atoms with van der Waals surface area (Å²) in [7, 11) is -4.53. The molecule has 0 heterocycles. The Hall–Kier alpha value is -1.40. The van der Waals surface area contributed by atoms with Crippen LogP contribution in [-0.4, -0.2) is 46.9 Å². The Balaban J connectivity index is 2.38. The van der Waals surface area contributed by atoms with Crippen molar-refractivity contribution in [1.82, 2.24) is 4.90 Å². The van der Waals surface area contributed by atoms with Crippen molar-refractivity contribution < 1.29 is 28.4 Å². The number of unbranched alkanes of at least 4 members (excludes halogenated alkanes) is 7. The minimum absolute atomic E-state index is 0.0525. The molecular formula is C25H44NO6P. The Morgan fingerprint density at radius 2 is 1.70 bits per heavy atom. The lowest BCUT2D eigenvalue weighted by Crippen LogP contribution is -2.36. The van der Waals surface area contributed by atoms with E-state index in [9.17, 15) is 9.36 Å². The standard InChI is InChI=1S/C25H44NO6P/c1-4-5-6-7-8-9-10-11-18-31-24-14-12-13-23(20-24)15-16-25(27)26(21-22(2)3)17-19-32-33(28,29)30/h12-14,20,22H,4-11,15-19,21H2,1-3H3,(H2,28,29,30). The molecule has 1 aromatic rings. The third-order valence-corrected chi connectivity index (χ3v) is 5.87. The molecule has 0 saturated heterocycles. The molecule has 8 heteroatoms. The number of rotatable bonds is 19. The number of ether oxygens (including phenoxy) is 1. The van der Waals surface area contributed by atoms with Crippen molar-refractivity contribution in [2.75, 3.05) is 26.3 Å². The predicted octanol–water partition coefficient (Wildman–Crippen LogP) is 5.73. The fourth-order valence-corrected chi connectivity index (χ4v) is 3.97. The molecule has 0 unspecified atom stereocenters. The first-order valence-electron chi connectivity index (χ1n) is 12.4. The van der Waals surface area contributed by atoms with Gasteiger partial charge in [0.1, 0.15) is 5.75 Å². The van der Waals surface area contributed by atoms with Crippen LogP contribution in [0.5, 0.6) is 5.75 Å². The summed E-state index contributed by atoms with van der Waals surface area (Å²) in [5.74, 6) is 1.03. The number of phosphoric ester groups is 1. The number of hydrogen-bond acceptors (Lipinski definition) is 4. The molecule has 0 aromatic heterocycles. The highest BCUT2D eigenvalue weighted by molar-refractivity contribution is 7.46. The molecule has 0 aliphatic rings. The van der Waals surface area contributed by atoms with Crippen molar-refractivity contribution in [1.29, 1.82) is 0 Å². The van der Waals surface area contributed by atoms with E-state index >= 15 is 0 Å². The van der Waals surface area contributed by atoms with E-state index in [-0.39, 0.29) is 25.0 Å². The van der Waals surface area contributed by atoms with E-state index in [1.807, 2.05) is 38.1 Å². The van der Waals surface area contributed by atoms with E-state index in [1.165, 1.54) is 44.9 Å². The maximum atomic E-state index is 12.7. The topological polar surface area (TPSA) is 96.3 Å². The second kappa shape index (κ2) is 17.1. The summed E-state index contributed by atoms with van der Waals surface area (Å²) in [5.41, 5.74) is 1.03. The summed E-state index contributed by atoms with van der Waals surface area (Å²) in [5, 5.41) is 0. The zero-order valence-corrected chi connectivity index (χ0v) is 21.6. The Bertz CT molecular complexity index is 706. The average molecular weight is 486 g/mol. The molecule has 1 rings (SSSR count). The number of carbonyl (C=O) groups is 1. The zero-order valence-electron chi connectivity index (χ0n) is 20.7. The molecule has 0 atom stereocenters. The molecule has 190 valence electrons. The molecule has 0 bridgehead atoms. The van der Waals surface area contributed by atoms with E-state index in [4.69, 9.17) is 14.5 Å². The van der Waals surface area contributed by atoms with Crippen molar-refractivity contribution in [3.05, 3.63) is 29.8 Å². The quantitative estimate of drug-likeness (QED) is 0.192. The van der Waals surface area contributed by atoms with Gasteiger partial charge in [-0.25, -0.2) is 4.57 Å². The minimum Gasteiger partial charge on any atom is -0.494 e.